The van der Waals surface area contributed by atoms with Gasteiger partial charge in [-0.3, -0.25) is 14.4 Å². The van der Waals surface area contributed by atoms with Gasteiger partial charge >= 0.3 is 5.91 Å². The lowest BCUT2D eigenvalue weighted by Gasteiger charge is -2.22. The van der Waals surface area contributed by atoms with E-state index < -0.39 is 0 Å². The molecule has 2 aromatic heterocycles. The van der Waals surface area contributed by atoms with E-state index in [-0.39, 0.29) is 11.9 Å². The second-order valence-electron chi connectivity index (χ2n) is 6.87. The van der Waals surface area contributed by atoms with Crippen LogP contribution in [0.3, 0.4) is 0 Å². The van der Waals surface area contributed by atoms with Gasteiger partial charge in [0, 0.05) is 10.7 Å². The second-order valence-corrected chi connectivity index (χ2v) is 8.03. The van der Waals surface area contributed by atoms with E-state index in [1.165, 1.54) is 0 Å². The first-order chi connectivity index (χ1) is 13.9. The van der Waals surface area contributed by atoms with Crippen LogP contribution in [0.5, 0.6) is 0 Å². The molecule has 0 aliphatic rings. The standard InChI is InChI=1S/C22H23IN4O2/c1-6-7-22(28)26(20-11-14(2)17(23)10-15(20)3)21-9-8-19-18(25-21)12-24-27(19)16(4)13-29-5/h8-12,16H,13H2,1-5H3. The highest BCUT2D eigenvalue weighted by Crippen LogP contribution is 2.31. The zero-order chi connectivity index (χ0) is 21.1. The highest BCUT2D eigenvalue weighted by atomic mass is 127. The summed E-state index contributed by atoms with van der Waals surface area (Å²) >= 11 is 2.30. The molecule has 0 radical (unpaired) electrons. The van der Waals surface area contributed by atoms with Crippen LogP contribution in [-0.2, 0) is 9.53 Å². The van der Waals surface area contributed by atoms with Crippen molar-refractivity contribution in [1.82, 2.24) is 14.8 Å². The van der Waals surface area contributed by atoms with Gasteiger partial charge in [0.25, 0.3) is 0 Å². The summed E-state index contributed by atoms with van der Waals surface area (Å²) in [6, 6.07) is 7.92. The van der Waals surface area contributed by atoms with Crippen molar-refractivity contribution in [2.75, 3.05) is 18.6 Å². The van der Waals surface area contributed by atoms with E-state index in [0.29, 0.717) is 17.9 Å². The first-order valence-corrected chi connectivity index (χ1v) is 10.3. The lowest BCUT2D eigenvalue weighted by molar-refractivity contribution is -0.112. The number of benzene rings is 1. The first kappa shape index (κ1) is 21.3. The van der Waals surface area contributed by atoms with Gasteiger partial charge in [0.05, 0.1) is 30.0 Å². The molecule has 1 aromatic carbocycles. The van der Waals surface area contributed by atoms with Crippen LogP contribution in [0, 0.1) is 29.3 Å². The molecular weight excluding hydrogens is 479 g/mol. The van der Waals surface area contributed by atoms with E-state index in [4.69, 9.17) is 9.72 Å². The van der Waals surface area contributed by atoms with Gasteiger partial charge in [-0.25, -0.2) is 4.98 Å². The van der Waals surface area contributed by atoms with Crippen molar-refractivity contribution >= 4 is 51.0 Å². The van der Waals surface area contributed by atoms with Crippen molar-refractivity contribution in [2.24, 2.45) is 0 Å². The Balaban J connectivity index is 2.14. The number of halogens is 1. The number of rotatable bonds is 5. The van der Waals surface area contributed by atoms with E-state index in [2.05, 4.69) is 45.6 Å². The molecule has 150 valence electrons. The molecule has 3 aromatic rings. The molecule has 0 aliphatic carbocycles. The summed E-state index contributed by atoms with van der Waals surface area (Å²) in [5.74, 6) is 5.56. The van der Waals surface area contributed by atoms with Crippen LogP contribution < -0.4 is 4.90 Å². The van der Waals surface area contributed by atoms with Crippen molar-refractivity contribution in [3.8, 4) is 11.8 Å². The lowest BCUT2D eigenvalue weighted by Crippen LogP contribution is -2.26. The Kier molecular flexibility index (Phi) is 6.55. The number of aryl methyl sites for hydroxylation is 2. The number of carbonyl (C=O) groups excluding carboxylic acids is 1. The minimum absolute atomic E-state index is 0.0786. The topological polar surface area (TPSA) is 60.2 Å². The van der Waals surface area contributed by atoms with Gasteiger partial charge in [0.2, 0.25) is 0 Å². The molecule has 6 nitrogen and oxygen atoms in total. The monoisotopic (exact) mass is 502 g/mol. The number of carbonyl (C=O) groups is 1. The smallest absolute Gasteiger partial charge is 0.308 e. The number of hydrogen-bond donors (Lipinski definition) is 0. The fourth-order valence-electron chi connectivity index (χ4n) is 3.22. The summed E-state index contributed by atoms with van der Waals surface area (Å²) in [6.07, 6.45) is 1.71. The van der Waals surface area contributed by atoms with E-state index >= 15 is 0 Å². The first-order valence-electron chi connectivity index (χ1n) is 9.24. The van der Waals surface area contributed by atoms with Gasteiger partial charge in [-0.2, -0.15) is 5.10 Å². The summed E-state index contributed by atoms with van der Waals surface area (Å²) in [5, 5.41) is 4.45. The Bertz CT molecular complexity index is 1130. The van der Waals surface area contributed by atoms with Gasteiger partial charge in [0.1, 0.15) is 11.3 Å². The van der Waals surface area contributed by atoms with E-state index in [9.17, 15) is 4.79 Å². The molecule has 7 heteroatoms. The molecule has 2 heterocycles. The number of aromatic nitrogens is 3. The van der Waals surface area contributed by atoms with E-state index in [1.807, 2.05) is 43.7 Å². The van der Waals surface area contributed by atoms with Crippen molar-refractivity contribution in [3.63, 3.8) is 0 Å². The molecule has 29 heavy (non-hydrogen) atoms. The van der Waals surface area contributed by atoms with Crippen LogP contribution in [-0.4, -0.2) is 34.4 Å². The van der Waals surface area contributed by atoms with Crippen molar-refractivity contribution < 1.29 is 9.53 Å². The van der Waals surface area contributed by atoms with Crippen molar-refractivity contribution in [1.29, 1.82) is 0 Å². The second kappa shape index (κ2) is 8.93. The molecule has 1 amide bonds. The highest BCUT2D eigenvalue weighted by Gasteiger charge is 2.22. The van der Waals surface area contributed by atoms with Gasteiger partial charge in [-0.05, 0) is 91.6 Å². The fourth-order valence-corrected chi connectivity index (χ4v) is 3.84. The molecule has 0 bridgehead atoms. The Hall–Kier alpha value is -2.44. The lowest BCUT2D eigenvalue weighted by atomic mass is 10.1. The zero-order valence-corrected chi connectivity index (χ0v) is 19.3. The minimum Gasteiger partial charge on any atom is -0.382 e. The van der Waals surface area contributed by atoms with Gasteiger partial charge in [-0.15, -0.1) is 0 Å². The number of nitrogens with zero attached hydrogens (tertiary/aromatic N) is 4. The average Bonchev–Trinajstić information content (AvgIpc) is 3.10. The predicted molar refractivity (Wildman–Crippen MR) is 123 cm³/mol. The maximum atomic E-state index is 12.9. The number of ether oxygens (including phenoxy) is 1. The average molecular weight is 502 g/mol. The van der Waals surface area contributed by atoms with Gasteiger partial charge in [-0.1, -0.05) is 5.92 Å². The Morgan fingerprint density at radius 3 is 2.76 bits per heavy atom. The number of anilines is 2. The number of amides is 1. The Morgan fingerprint density at radius 2 is 2.07 bits per heavy atom. The normalized spacial score (nSPS) is 11.8. The fraction of sp³-hybridized carbons (Fsp3) is 0.318. The SMILES string of the molecule is CC#CC(=O)N(c1ccc2c(cnn2C(C)COC)n1)c1cc(C)c(I)cc1C. The zero-order valence-electron chi connectivity index (χ0n) is 17.2. The predicted octanol–water partition coefficient (Wildman–Crippen LogP) is 4.55. The van der Waals surface area contributed by atoms with Crippen LogP contribution in [0.15, 0.2) is 30.5 Å². The van der Waals surface area contributed by atoms with Crippen LogP contribution in [0.25, 0.3) is 11.0 Å². The van der Waals surface area contributed by atoms with E-state index in [1.54, 1.807) is 25.1 Å². The third-order valence-corrected chi connectivity index (χ3v) is 5.81. The molecule has 1 unspecified atom stereocenters. The largest absolute Gasteiger partial charge is 0.382 e. The Labute approximate surface area is 184 Å². The van der Waals surface area contributed by atoms with Crippen molar-refractivity contribution in [2.45, 2.75) is 33.7 Å². The summed E-state index contributed by atoms with van der Waals surface area (Å²) in [4.78, 5) is 19.2. The molecule has 0 aliphatic heterocycles. The number of hydrogen-bond acceptors (Lipinski definition) is 4. The summed E-state index contributed by atoms with van der Waals surface area (Å²) < 4.78 is 8.27. The maximum absolute atomic E-state index is 12.9. The number of fused-ring (bicyclic) bond motifs is 1. The van der Waals surface area contributed by atoms with Gasteiger partial charge in [0.15, 0.2) is 0 Å². The number of pyridine rings is 1. The van der Waals surface area contributed by atoms with Crippen molar-refractivity contribution in [3.05, 3.63) is 45.2 Å². The van der Waals surface area contributed by atoms with E-state index in [0.717, 1.165) is 25.9 Å². The quantitative estimate of drug-likeness (QED) is 0.380. The molecule has 0 saturated heterocycles. The van der Waals surface area contributed by atoms with Gasteiger partial charge < -0.3 is 4.74 Å². The maximum Gasteiger partial charge on any atom is 0.308 e. The number of methoxy groups -OCH3 is 1. The summed E-state index contributed by atoms with van der Waals surface area (Å²) in [5.41, 5.74) is 4.46. The van der Waals surface area contributed by atoms with Crippen LogP contribution >= 0.6 is 22.6 Å². The minimum atomic E-state index is -0.316. The van der Waals surface area contributed by atoms with Crippen LogP contribution in [0.4, 0.5) is 11.5 Å². The van der Waals surface area contributed by atoms with Crippen LogP contribution in [0.1, 0.15) is 31.0 Å². The molecule has 1 atom stereocenters. The highest BCUT2D eigenvalue weighted by molar-refractivity contribution is 14.1. The molecule has 0 fully saturated rings. The molecular formula is C22H23IN4O2. The Morgan fingerprint density at radius 1 is 1.31 bits per heavy atom. The van der Waals surface area contributed by atoms with Crippen LogP contribution in [0.2, 0.25) is 0 Å². The molecule has 3 rings (SSSR count). The third-order valence-electron chi connectivity index (χ3n) is 4.65. The summed E-state index contributed by atoms with van der Waals surface area (Å²) in [6.45, 7) is 8.25. The molecule has 0 saturated carbocycles. The molecule has 0 spiro atoms. The molecule has 0 N–H and O–H groups in total. The summed E-state index contributed by atoms with van der Waals surface area (Å²) in [7, 11) is 1.67. The third kappa shape index (κ3) is 4.28.